The molecule has 0 radical (unpaired) electrons. The molecule has 9 heteroatoms. The summed E-state index contributed by atoms with van der Waals surface area (Å²) >= 11 is 0. The van der Waals surface area contributed by atoms with Gasteiger partial charge in [0.1, 0.15) is 12.4 Å². The van der Waals surface area contributed by atoms with E-state index in [9.17, 15) is 26.4 Å². The van der Waals surface area contributed by atoms with E-state index in [1.54, 1.807) is 24.3 Å². The summed E-state index contributed by atoms with van der Waals surface area (Å²) in [6.45, 7) is 9.20. The number of ether oxygens (including phenoxy) is 1. The summed E-state index contributed by atoms with van der Waals surface area (Å²) in [7, 11) is -5.80. The van der Waals surface area contributed by atoms with E-state index in [0.717, 1.165) is 46.2 Å². The highest BCUT2D eigenvalue weighted by Crippen LogP contribution is 2.48. The van der Waals surface area contributed by atoms with Crippen molar-refractivity contribution in [3.63, 3.8) is 0 Å². The Morgan fingerprint density at radius 3 is 1.88 bits per heavy atom. The predicted octanol–water partition coefficient (Wildman–Crippen LogP) is 10.6. The lowest BCUT2D eigenvalue weighted by molar-refractivity contribution is -0.0500. The number of fused-ring (bicyclic) bond motifs is 1. The van der Waals surface area contributed by atoms with E-state index in [4.69, 9.17) is 4.74 Å². The van der Waals surface area contributed by atoms with E-state index < -0.39 is 27.3 Å². The van der Waals surface area contributed by atoms with Gasteiger partial charge in [-0.15, -0.1) is 0 Å². The molecule has 0 aliphatic heterocycles. The Bertz CT molecular complexity index is 2140. The fourth-order valence-corrected chi connectivity index (χ4v) is 6.90. The maximum Gasteiger partial charge on any atom is 0.534 e. The van der Waals surface area contributed by atoms with Crippen LogP contribution in [0.2, 0.25) is 0 Å². The van der Waals surface area contributed by atoms with Crippen LogP contribution in [0.15, 0.2) is 115 Å². The van der Waals surface area contributed by atoms with Crippen LogP contribution in [-0.2, 0) is 32.3 Å². The zero-order valence-corrected chi connectivity index (χ0v) is 29.0. The first-order chi connectivity index (χ1) is 23.5. The minimum absolute atomic E-state index is 0.0185. The summed E-state index contributed by atoms with van der Waals surface area (Å²) < 4.78 is 71.8. The Labute approximate surface area is 290 Å². The van der Waals surface area contributed by atoms with Crippen molar-refractivity contribution in [3.8, 4) is 39.1 Å². The molecule has 0 bridgehead atoms. The number of esters is 1. The van der Waals surface area contributed by atoms with Crippen molar-refractivity contribution >= 4 is 16.1 Å². The van der Waals surface area contributed by atoms with Crippen LogP contribution in [0.3, 0.4) is 0 Å². The van der Waals surface area contributed by atoms with Gasteiger partial charge in [-0.25, -0.2) is 4.79 Å². The molecular weight excluding hydrogens is 662 g/mol. The third-order valence-corrected chi connectivity index (χ3v) is 10.5. The fraction of sp³-hybridized carbons (Fsp3) is 0.244. The van der Waals surface area contributed by atoms with E-state index in [-0.39, 0.29) is 17.4 Å². The lowest BCUT2D eigenvalue weighted by atomic mass is 9.63. The SMILES string of the molecule is CC1(C)CCC(C)(C)c2cc(-c3cc(-c4ccc(C(=O)OCc5ccccc5)cc4)ccc3-c3ccc(OS(=O)(=O)C(F)(F)F)cc3)ccc21. The molecule has 0 saturated heterocycles. The van der Waals surface area contributed by atoms with Crippen LogP contribution in [0.1, 0.15) is 67.6 Å². The lowest BCUT2D eigenvalue weighted by Gasteiger charge is -2.42. The standard InChI is InChI=1S/C41H37F3O5S/c1-39(2)22-23-40(3,4)37-25-32(17-21-36(37)39)35-24-31(28-10-12-30(13-11-28)38(45)48-26-27-8-6-5-7-9-27)16-20-34(35)29-14-18-33(19-15-29)49-50(46,47)41(42,43)44/h5-21,24-25H,22-23,26H2,1-4H3. The molecule has 50 heavy (non-hydrogen) atoms. The molecule has 0 fully saturated rings. The minimum Gasteiger partial charge on any atom is -0.457 e. The molecule has 0 saturated carbocycles. The summed E-state index contributed by atoms with van der Waals surface area (Å²) in [5.41, 5.74) is 3.40. The van der Waals surface area contributed by atoms with Gasteiger partial charge in [0.15, 0.2) is 0 Å². The molecule has 5 nitrogen and oxygen atoms in total. The second kappa shape index (κ2) is 13.1. The monoisotopic (exact) mass is 698 g/mol. The van der Waals surface area contributed by atoms with Crippen LogP contribution in [0.5, 0.6) is 5.75 Å². The maximum atomic E-state index is 12.9. The van der Waals surface area contributed by atoms with Gasteiger partial charge in [-0.05, 0) is 104 Å². The van der Waals surface area contributed by atoms with Crippen molar-refractivity contribution < 1.29 is 35.3 Å². The van der Waals surface area contributed by atoms with Crippen LogP contribution in [0.25, 0.3) is 33.4 Å². The van der Waals surface area contributed by atoms with Gasteiger partial charge in [0.05, 0.1) is 5.56 Å². The summed E-state index contributed by atoms with van der Waals surface area (Å²) in [5, 5.41) is 0. The van der Waals surface area contributed by atoms with Gasteiger partial charge in [-0.1, -0.05) is 113 Å². The van der Waals surface area contributed by atoms with E-state index in [1.807, 2.05) is 54.6 Å². The molecule has 1 aliphatic carbocycles. The topological polar surface area (TPSA) is 69.7 Å². The molecule has 5 aromatic rings. The first-order valence-corrected chi connectivity index (χ1v) is 17.7. The molecule has 6 rings (SSSR count). The molecule has 1 aliphatic rings. The molecule has 0 atom stereocenters. The third-order valence-electron chi connectivity index (χ3n) is 9.50. The summed E-state index contributed by atoms with van der Waals surface area (Å²) in [4.78, 5) is 12.8. The quantitative estimate of drug-likeness (QED) is 0.0917. The average molecular weight is 699 g/mol. The second-order valence-corrected chi connectivity index (χ2v) is 15.5. The number of benzene rings is 5. The minimum atomic E-state index is -5.80. The van der Waals surface area contributed by atoms with Crippen molar-refractivity contribution in [1.82, 2.24) is 0 Å². The Morgan fingerprint density at radius 1 is 0.660 bits per heavy atom. The summed E-state index contributed by atoms with van der Waals surface area (Å²) in [6, 6.07) is 34.6. The Kier molecular flexibility index (Phi) is 9.16. The van der Waals surface area contributed by atoms with Crippen molar-refractivity contribution in [2.45, 2.75) is 63.5 Å². The van der Waals surface area contributed by atoms with Crippen LogP contribution in [-0.4, -0.2) is 19.9 Å². The lowest BCUT2D eigenvalue weighted by Crippen LogP contribution is -2.33. The Balaban J connectivity index is 1.37. The van der Waals surface area contributed by atoms with Crippen molar-refractivity contribution in [2.75, 3.05) is 0 Å². The highest BCUT2D eigenvalue weighted by Gasteiger charge is 2.48. The number of halogens is 3. The fourth-order valence-electron chi connectivity index (χ4n) is 6.44. The van der Waals surface area contributed by atoms with Crippen molar-refractivity contribution in [1.29, 1.82) is 0 Å². The highest BCUT2D eigenvalue weighted by atomic mass is 32.2. The van der Waals surface area contributed by atoms with Crippen molar-refractivity contribution in [2.24, 2.45) is 0 Å². The van der Waals surface area contributed by atoms with Crippen LogP contribution >= 0.6 is 0 Å². The normalized spacial score (nSPS) is 15.2. The van der Waals surface area contributed by atoms with Crippen LogP contribution < -0.4 is 4.18 Å². The number of hydrogen-bond donors (Lipinski definition) is 0. The van der Waals surface area contributed by atoms with Gasteiger partial charge >= 0.3 is 21.6 Å². The molecule has 0 heterocycles. The molecule has 5 aromatic carbocycles. The Hall–Kier alpha value is -4.89. The number of alkyl halides is 3. The number of carbonyl (C=O) groups is 1. The van der Waals surface area contributed by atoms with E-state index in [0.29, 0.717) is 11.1 Å². The first-order valence-electron chi connectivity index (χ1n) is 16.3. The molecule has 0 unspecified atom stereocenters. The molecule has 0 N–H and O–H groups in total. The molecule has 0 spiro atoms. The Morgan fingerprint density at radius 2 is 1.24 bits per heavy atom. The first kappa shape index (κ1) is 35.0. The molecule has 258 valence electrons. The second-order valence-electron chi connectivity index (χ2n) is 13.9. The van der Waals surface area contributed by atoms with Gasteiger partial charge in [-0.2, -0.15) is 21.6 Å². The molecular formula is C41H37F3O5S. The largest absolute Gasteiger partial charge is 0.534 e. The number of carbonyl (C=O) groups excluding carboxylic acids is 1. The molecule has 0 amide bonds. The van der Waals surface area contributed by atoms with Gasteiger partial charge in [0.2, 0.25) is 0 Å². The average Bonchev–Trinajstić information content (AvgIpc) is 3.09. The van der Waals surface area contributed by atoms with Gasteiger partial charge in [0, 0.05) is 0 Å². The van der Waals surface area contributed by atoms with E-state index >= 15 is 0 Å². The van der Waals surface area contributed by atoms with Gasteiger partial charge in [-0.3, -0.25) is 0 Å². The van der Waals surface area contributed by atoms with Gasteiger partial charge in [0.25, 0.3) is 0 Å². The van der Waals surface area contributed by atoms with E-state index in [1.165, 1.54) is 23.3 Å². The zero-order chi connectivity index (χ0) is 35.9. The van der Waals surface area contributed by atoms with Crippen LogP contribution in [0.4, 0.5) is 13.2 Å². The number of hydrogen-bond acceptors (Lipinski definition) is 5. The summed E-state index contributed by atoms with van der Waals surface area (Å²) in [6.07, 6.45) is 2.10. The highest BCUT2D eigenvalue weighted by molar-refractivity contribution is 7.88. The zero-order valence-electron chi connectivity index (χ0n) is 28.2. The predicted molar refractivity (Wildman–Crippen MR) is 189 cm³/mol. The third kappa shape index (κ3) is 7.19. The maximum absolute atomic E-state index is 12.9. The van der Waals surface area contributed by atoms with Gasteiger partial charge < -0.3 is 8.92 Å². The van der Waals surface area contributed by atoms with Crippen molar-refractivity contribution in [3.05, 3.63) is 138 Å². The summed E-state index contributed by atoms with van der Waals surface area (Å²) in [5.74, 6) is -0.865. The van der Waals surface area contributed by atoms with E-state index in [2.05, 4.69) is 56.1 Å². The smallest absolute Gasteiger partial charge is 0.457 e. The van der Waals surface area contributed by atoms with Crippen LogP contribution in [0, 0.1) is 0 Å². The molecule has 0 aromatic heterocycles. The number of rotatable bonds is 8.